The van der Waals surface area contributed by atoms with E-state index < -0.39 is 17.8 Å². The second kappa shape index (κ2) is 6.53. The Morgan fingerprint density at radius 1 is 1.05 bits per heavy atom. The van der Waals surface area contributed by atoms with Crippen LogP contribution in [0.15, 0.2) is 18.2 Å². The van der Waals surface area contributed by atoms with Gasteiger partial charge < -0.3 is 5.11 Å². The smallest absolute Gasteiger partial charge is 0.303 e. The molecule has 0 saturated heterocycles. The number of aryl methyl sites for hydroxylation is 2. The fourth-order valence-corrected chi connectivity index (χ4v) is 1.36. The van der Waals surface area contributed by atoms with Crippen molar-refractivity contribution < 1.29 is 19.5 Å². The molecule has 0 aromatic heterocycles. The van der Waals surface area contributed by atoms with Crippen molar-refractivity contribution in [2.75, 3.05) is 0 Å². The van der Waals surface area contributed by atoms with Gasteiger partial charge in [0.1, 0.15) is 0 Å². The Kier molecular flexibility index (Phi) is 5.05. The molecule has 0 aliphatic carbocycles. The maximum Gasteiger partial charge on any atom is 0.303 e. The molecule has 0 saturated carbocycles. The lowest BCUT2D eigenvalue weighted by molar-refractivity contribution is -0.138. The van der Waals surface area contributed by atoms with Gasteiger partial charge in [-0.05, 0) is 37.1 Å². The van der Waals surface area contributed by atoms with Crippen LogP contribution in [0.25, 0.3) is 0 Å². The minimum atomic E-state index is -1.06. The van der Waals surface area contributed by atoms with E-state index in [0.717, 1.165) is 11.1 Å². The van der Waals surface area contributed by atoms with Crippen molar-refractivity contribution in [2.45, 2.75) is 26.7 Å². The Morgan fingerprint density at radius 2 is 1.74 bits per heavy atom. The first-order valence-corrected chi connectivity index (χ1v) is 5.78. The van der Waals surface area contributed by atoms with Gasteiger partial charge in [0.25, 0.3) is 5.91 Å². The van der Waals surface area contributed by atoms with Crippen LogP contribution in [-0.4, -0.2) is 22.9 Å². The molecule has 0 heterocycles. The van der Waals surface area contributed by atoms with E-state index in [9.17, 15) is 14.4 Å². The van der Waals surface area contributed by atoms with Crippen LogP contribution >= 0.6 is 0 Å². The summed E-state index contributed by atoms with van der Waals surface area (Å²) in [7, 11) is 0. The number of aliphatic carboxylic acids is 1. The molecule has 19 heavy (non-hydrogen) atoms. The standard InChI is InChI=1S/C13H16N2O4/c1-8-3-4-10(7-9(8)2)13(19)15-14-11(16)5-6-12(17)18/h3-4,7H,5-6H2,1-2H3,(H,14,16)(H,15,19)(H,17,18). The monoisotopic (exact) mass is 264 g/mol. The molecule has 6 nitrogen and oxygen atoms in total. The molecule has 0 spiro atoms. The molecule has 0 radical (unpaired) electrons. The van der Waals surface area contributed by atoms with Gasteiger partial charge in [0.2, 0.25) is 5.91 Å². The van der Waals surface area contributed by atoms with Gasteiger partial charge in [-0.15, -0.1) is 0 Å². The number of nitrogens with one attached hydrogen (secondary N) is 2. The minimum Gasteiger partial charge on any atom is -0.481 e. The maximum atomic E-state index is 11.7. The molecular weight excluding hydrogens is 248 g/mol. The van der Waals surface area contributed by atoms with Crippen molar-refractivity contribution in [3.63, 3.8) is 0 Å². The Bertz CT molecular complexity index is 511. The summed E-state index contributed by atoms with van der Waals surface area (Å²) in [6, 6.07) is 5.19. The highest BCUT2D eigenvalue weighted by Gasteiger charge is 2.09. The first-order valence-electron chi connectivity index (χ1n) is 5.78. The van der Waals surface area contributed by atoms with Gasteiger partial charge >= 0.3 is 5.97 Å². The quantitative estimate of drug-likeness (QED) is 0.705. The van der Waals surface area contributed by atoms with Gasteiger partial charge in [0.15, 0.2) is 0 Å². The van der Waals surface area contributed by atoms with Crippen LogP contribution in [0.5, 0.6) is 0 Å². The fraction of sp³-hybridized carbons (Fsp3) is 0.308. The number of rotatable bonds is 4. The highest BCUT2D eigenvalue weighted by molar-refractivity contribution is 5.95. The Morgan fingerprint density at radius 3 is 2.32 bits per heavy atom. The number of hydrogen-bond donors (Lipinski definition) is 3. The topological polar surface area (TPSA) is 95.5 Å². The molecule has 0 fully saturated rings. The highest BCUT2D eigenvalue weighted by atomic mass is 16.4. The lowest BCUT2D eigenvalue weighted by atomic mass is 10.1. The van der Waals surface area contributed by atoms with Gasteiger partial charge in [0, 0.05) is 12.0 Å². The van der Waals surface area contributed by atoms with E-state index in [0.29, 0.717) is 5.56 Å². The zero-order valence-corrected chi connectivity index (χ0v) is 10.8. The van der Waals surface area contributed by atoms with Crippen LogP contribution in [0.3, 0.4) is 0 Å². The largest absolute Gasteiger partial charge is 0.481 e. The third-order valence-electron chi connectivity index (χ3n) is 2.65. The zero-order chi connectivity index (χ0) is 14.4. The van der Waals surface area contributed by atoms with Gasteiger partial charge in [-0.25, -0.2) is 0 Å². The molecule has 2 amide bonds. The lowest BCUT2D eigenvalue weighted by Gasteiger charge is -2.08. The molecule has 1 aromatic carbocycles. The van der Waals surface area contributed by atoms with E-state index in [1.807, 2.05) is 19.9 Å². The van der Waals surface area contributed by atoms with E-state index >= 15 is 0 Å². The van der Waals surface area contributed by atoms with E-state index in [4.69, 9.17) is 5.11 Å². The van der Waals surface area contributed by atoms with E-state index in [1.54, 1.807) is 12.1 Å². The number of benzene rings is 1. The molecule has 0 aliphatic heterocycles. The summed E-state index contributed by atoms with van der Waals surface area (Å²) in [6.45, 7) is 3.82. The van der Waals surface area contributed by atoms with Gasteiger partial charge in [-0.2, -0.15) is 0 Å². The molecule has 3 N–H and O–H groups in total. The Balaban J connectivity index is 2.49. The third kappa shape index (κ3) is 4.79. The van der Waals surface area contributed by atoms with E-state index in [-0.39, 0.29) is 12.8 Å². The van der Waals surface area contributed by atoms with Crippen molar-refractivity contribution in [1.29, 1.82) is 0 Å². The van der Waals surface area contributed by atoms with Crippen molar-refractivity contribution >= 4 is 17.8 Å². The average Bonchev–Trinajstić information content (AvgIpc) is 2.36. The summed E-state index contributed by atoms with van der Waals surface area (Å²) >= 11 is 0. The maximum absolute atomic E-state index is 11.7. The number of carboxylic acids is 1. The summed E-state index contributed by atoms with van der Waals surface area (Å²) in [6.07, 6.45) is -0.451. The van der Waals surface area contributed by atoms with Gasteiger partial charge in [-0.3, -0.25) is 25.2 Å². The van der Waals surface area contributed by atoms with E-state index in [1.165, 1.54) is 0 Å². The van der Waals surface area contributed by atoms with Crippen molar-refractivity contribution in [3.05, 3.63) is 34.9 Å². The molecule has 1 rings (SSSR count). The summed E-state index contributed by atoms with van der Waals surface area (Å²) in [5.41, 5.74) is 6.89. The number of carbonyl (C=O) groups excluding carboxylic acids is 2. The molecular formula is C13H16N2O4. The summed E-state index contributed by atoms with van der Waals surface area (Å²) in [5, 5.41) is 8.41. The number of hydrogen-bond acceptors (Lipinski definition) is 3. The Hall–Kier alpha value is -2.37. The molecule has 102 valence electrons. The average molecular weight is 264 g/mol. The fourth-order valence-electron chi connectivity index (χ4n) is 1.36. The third-order valence-corrected chi connectivity index (χ3v) is 2.65. The molecule has 1 aromatic rings. The van der Waals surface area contributed by atoms with Crippen molar-refractivity contribution in [1.82, 2.24) is 10.9 Å². The summed E-state index contributed by atoms with van der Waals surface area (Å²) in [5.74, 6) is -2.04. The predicted molar refractivity (Wildman–Crippen MR) is 68.4 cm³/mol. The van der Waals surface area contributed by atoms with Crippen molar-refractivity contribution in [2.24, 2.45) is 0 Å². The molecule has 0 unspecified atom stereocenters. The minimum absolute atomic E-state index is 0.178. The molecule has 6 heteroatoms. The summed E-state index contributed by atoms with van der Waals surface area (Å²) in [4.78, 5) is 33.2. The van der Waals surface area contributed by atoms with Gasteiger partial charge in [-0.1, -0.05) is 6.07 Å². The molecule has 0 atom stereocenters. The molecule has 0 bridgehead atoms. The number of carbonyl (C=O) groups is 3. The van der Waals surface area contributed by atoms with Crippen molar-refractivity contribution in [3.8, 4) is 0 Å². The molecule has 0 aliphatic rings. The summed E-state index contributed by atoms with van der Waals surface area (Å²) < 4.78 is 0. The highest BCUT2D eigenvalue weighted by Crippen LogP contribution is 2.09. The second-order valence-corrected chi connectivity index (χ2v) is 4.20. The SMILES string of the molecule is Cc1ccc(C(=O)NNC(=O)CCC(=O)O)cc1C. The number of amides is 2. The first-order chi connectivity index (χ1) is 8.90. The Labute approximate surface area is 110 Å². The normalized spacial score (nSPS) is 9.79. The number of hydrazine groups is 1. The first kappa shape index (κ1) is 14.7. The van der Waals surface area contributed by atoms with Crippen LogP contribution in [-0.2, 0) is 9.59 Å². The van der Waals surface area contributed by atoms with Gasteiger partial charge in [0.05, 0.1) is 6.42 Å². The second-order valence-electron chi connectivity index (χ2n) is 4.20. The van der Waals surface area contributed by atoms with Crippen LogP contribution < -0.4 is 10.9 Å². The van der Waals surface area contributed by atoms with E-state index in [2.05, 4.69) is 10.9 Å². The predicted octanol–water partition coefficient (Wildman–Crippen LogP) is 0.929. The lowest BCUT2D eigenvalue weighted by Crippen LogP contribution is -2.41. The van der Waals surface area contributed by atoms with Crippen LogP contribution in [0.1, 0.15) is 34.3 Å². The van der Waals surface area contributed by atoms with Crippen LogP contribution in [0, 0.1) is 13.8 Å². The zero-order valence-electron chi connectivity index (χ0n) is 10.8. The van der Waals surface area contributed by atoms with Crippen LogP contribution in [0.4, 0.5) is 0 Å². The number of carboxylic acid groups (broad SMARTS) is 1. The van der Waals surface area contributed by atoms with Crippen LogP contribution in [0.2, 0.25) is 0 Å².